The minimum absolute atomic E-state index is 0.309. The molecule has 0 amide bonds. The van der Waals surface area contributed by atoms with Crippen LogP contribution in [0.15, 0.2) is 73.1 Å². The van der Waals surface area contributed by atoms with Crippen molar-refractivity contribution in [3.63, 3.8) is 0 Å². The zero-order chi connectivity index (χ0) is 18.4. The van der Waals surface area contributed by atoms with Crippen molar-refractivity contribution in [1.29, 1.82) is 0 Å². The van der Waals surface area contributed by atoms with Crippen LogP contribution in [0.25, 0.3) is 0 Å². The molecular formula is C21H22N3O2+. The van der Waals surface area contributed by atoms with Crippen LogP contribution in [0.4, 0.5) is 11.4 Å². The van der Waals surface area contributed by atoms with Gasteiger partial charge in [0.05, 0.1) is 11.1 Å². The van der Waals surface area contributed by atoms with Crippen molar-refractivity contribution in [1.82, 2.24) is 4.98 Å². The lowest BCUT2D eigenvalue weighted by Crippen LogP contribution is -2.12. The molecule has 0 saturated carbocycles. The Bertz CT molecular complexity index is 865. The van der Waals surface area contributed by atoms with E-state index in [0.29, 0.717) is 29.6 Å². The maximum Gasteiger partial charge on any atom is 0.334 e. The second-order valence-electron chi connectivity index (χ2n) is 6.30. The standard InChI is InChI=1S/C21H22N3O2/c1-16(2)18-10-11-21(26-15-17-7-4-3-5-8-17)20(13-18)24(25)23-19-9-6-12-22-14-19/h3-14,16H,15H2,1-2H3,(H,23,25)/q+1. The highest BCUT2D eigenvalue weighted by Gasteiger charge is 2.23. The van der Waals surface area contributed by atoms with Crippen molar-refractivity contribution < 1.29 is 9.61 Å². The van der Waals surface area contributed by atoms with Crippen molar-refractivity contribution in [3.8, 4) is 5.75 Å². The van der Waals surface area contributed by atoms with E-state index in [9.17, 15) is 4.91 Å². The quantitative estimate of drug-likeness (QED) is 0.470. The molecule has 3 rings (SSSR count). The maximum atomic E-state index is 12.7. The molecule has 0 unspecified atom stereocenters. The molecule has 5 nitrogen and oxygen atoms in total. The predicted octanol–water partition coefficient (Wildman–Crippen LogP) is 5.22. The molecule has 0 radical (unpaired) electrons. The van der Waals surface area contributed by atoms with Crippen LogP contribution in [0.2, 0.25) is 0 Å². The molecule has 2 aromatic carbocycles. The third-order valence-corrected chi connectivity index (χ3v) is 4.00. The van der Waals surface area contributed by atoms with Crippen LogP contribution in [-0.4, -0.2) is 9.85 Å². The molecule has 1 aromatic heterocycles. The number of aromatic nitrogens is 1. The van der Waals surface area contributed by atoms with Gasteiger partial charge in [-0.15, -0.1) is 5.43 Å². The van der Waals surface area contributed by atoms with Crippen LogP contribution >= 0.6 is 0 Å². The number of benzene rings is 2. The predicted molar refractivity (Wildman–Crippen MR) is 102 cm³/mol. The summed E-state index contributed by atoms with van der Waals surface area (Å²) in [5.74, 6) is 0.841. The van der Waals surface area contributed by atoms with E-state index < -0.39 is 0 Å². The Morgan fingerprint density at radius 3 is 2.58 bits per heavy atom. The fourth-order valence-corrected chi connectivity index (χ4v) is 2.52. The molecular weight excluding hydrogens is 326 g/mol. The average molecular weight is 348 g/mol. The number of pyridine rings is 1. The normalized spacial score (nSPS) is 10.6. The van der Waals surface area contributed by atoms with Crippen molar-refractivity contribution >= 4 is 11.4 Å². The van der Waals surface area contributed by atoms with Gasteiger partial charge in [-0.2, -0.15) is 0 Å². The summed E-state index contributed by atoms with van der Waals surface area (Å²) in [7, 11) is 0. The Balaban J connectivity index is 1.84. The summed E-state index contributed by atoms with van der Waals surface area (Å²) in [4.78, 5) is 17.5. The van der Waals surface area contributed by atoms with Gasteiger partial charge in [0, 0.05) is 12.3 Å². The van der Waals surface area contributed by atoms with Gasteiger partial charge in [-0.25, -0.2) is 0 Å². The minimum atomic E-state index is 0.309. The van der Waals surface area contributed by atoms with Crippen LogP contribution in [0.3, 0.4) is 0 Å². The topological polar surface area (TPSA) is 54.2 Å². The molecule has 132 valence electrons. The van der Waals surface area contributed by atoms with Gasteiger partial charge in [-0.1, -0.05) is 50.2 Å². The maximum absolute atomic E-state index is 12.7. The van der Waals surface area contributed by atoms with Gasteiger partial charge in [0.15, 0.2) is 10.6 Å². The van der Waals surface area contributed by atoms with E-state index >= 15 is 0 Å². The summed E-state index contributed by atoms with van der Waals surface area (Å²) in [6, 6.07) is 19.1. The zero-order valence-corrected chi connectivity index (χ0v) is 14.9. The Kier molecular flexibility index (Phi) is 5.59. The molecule has 1 N–H and O–H groups in total. The molecule has 0 saturated heterocycles. The zero-order valence-electron chi connectivity index (χ0n) is 14.9. The monoisotopic (exact) mass is 348 g/mol. The lowest BCUT2D eigenvalue weighted by molar-refractivity contribution is -0.428. The molecule has 0 aliphatic heterocycles. The van der Waals surface area contributed by atoms with Gasteiger partial charge in [0.25, 0.3) is 0 Å². The summed E-state index contributed by atoms with van der Waals surface area (Å²) in [6.45, 7) is 4.58. The van der Waals surface area contributed by atoms with Crippen molar-refractivity contribution in [2.75, 3.05) is 5.43 Å². The van der Waals surface area contributed by atoms with E-state index in [2.05, 4.69) is 24.3 Å². The Morgan fingerprint density at radius 1 is 1.08 bits per heavy atom. The summed E-state index contributed by atoms with van der Waals surface area (Å²) >= 11 is 0. The lowest BCUT2D eigenvalue weighted by Gasteiger charge is -2.10. The van der Waals surface area contributed by atoms with Crippen molar-refractivity contribution in [2.24, 2.45) is 0 Å². The molecule has 5 heteroatoms. The van der Waals surface area contributed by atoms with Crippen molar-refractivity contribution in [2.45, 2.75) is 26.4 Å². The first-order valence-electron chi connectivity index (χ1n) is 8.58. The molecule has 0 spiro atoms. The van der Waals surface area contributed by atoms with Gasteiger partial charge in [0.1, 0.15) is 12.3 Å². The summed E-state index contributed by atoms with van der Waals surface area (Å²) < 4.78 is 5.92. The van der Waals surface area contributed by atoms with Gasteiger partial charge >= 0.3 is 5.69 Å². The number of hydrogen-bond acceptors (Lipinski definition) is 3. The minimum Gasteiger partial charge on any atom is -0.482 e. The fraction of sp³-hybridized carbons (Fsp3) is 0.190. The Labute approximate surface area is 153 Å². The highest BCUT2D eigenvalue weighted by molar-refractivity contribution is 5.50. The number of nitrogens with one attached hydrogen (secondary N) is 1. The Morgan fingerprint density at radius 2 is 1.88 bits per heavy atom. The third kappa shape index (κ3) is 4.45. The van der Waals surface area contributed by atoms with Gasteiger partial charge in [0.2, 0.25) is 0 Å². The number of rotatable bonds is 7. The van der Waals surface area contributed by atoms with Gasteiger partial charge < -0.3 is 4.74 Å². The van der Waals surface area contributed by atoms with E-state index in [1.54, 1.807) is 24.5 Å². The molecule has 0 aliphatic carbocycles. The summed E-state index contributed by atoms with van der Waals surface area (Å²) in [5.41, 5.74) is 5.97. The van der Waals surface area contributed by atoms with Crippen LogP contribution in [-0.2, 0) is 6.61 Å². The molecule has 26 heavy (non-hydrogen) atoms. The number of nitrogens with zero attached hydrogens (tertiary/aromatic N) is 2. The lowest BCUT2D eigenvalue weighted by atomic mass is 10.0. The highest BCUT2D eigenvalue weighted by Crippen LogP contribution is 2.31. The van der Waals surface area contributed by atoms with Gasteiger partial charge in [-0.05, 0) is 35.2 Å². The number of nitroso groups, excluding NO2 is 1. The third-order valence-electron chi connectivity index (χ3n) is 4.00. The average Bonchev–Trinajstić information content (AvgIpc) is 2.67. The molecule has 0 fully saturated rings. The highest BCUT2D eigenvalue weighted by atomic mass is 16.5. The van der Waals surface area contributed by atoms with E-state index in [0.717, 1.165) is 16.0 Å². The summed E-state index contributed by atoms with van der Waals surface area (Å²) in [5, 5.41) is 0. The van der Waals surface area contributed by atoms with Gasteiger partial charge in [-0.3, -0.25) is 4.98 Å². The number of hydrazine groups is 1. The molecule has 1 heterocycles. The van der Waals surface area contributed by atoms with E-state index in [1.807, 2.05) is 48.5 Å². The first kappa shape index (κ1) is 17.6. The molecule has 0 bridgehead atoms. The van der Waals surface area contributed by atoms with E-state index in [1.165, 1.54) is 0 Å². The molecule has 0 aliphatic rings. The van der Waals surface area contributed by atoms with Crippen LogP contribution in [0.5, 0.6) is 5.75 Å². The van der Waals surface area contributed by atoms with E-state index in [4.69, 9.17) is 4.74 Å². The smallest absolute Gasteiger partial charge is 0.334 e. The largest absolute Gasteiger partial charge is 0.482 e. The molecule has 3 aromatic rings. The first-order valence-corrected chi connectivity index (χ1v) is 8.58. The second-order valence-corrected chi connectivity index (χ2v) is 6.30. The van der Waals surface area contributed by atoms with Crippen LogP contribution in [0, 0.1) is 4.91 Å². The van der Waals surface area contributed by atoms with Crippen molar-refractivity contribution in [3.05, 3.63) is 89.1 Å². The molecule has 0 atom stereocenters. The number of ether oxygens (including phenoxy) is 1. The SMILES string of the molecule is CC(C)c1ccc(OCc2ccccc2)c([N+](=O)Nc2cccnc2)c1. The number of anilines is 1. The summed E-state index contributed by atoms with van der Waals surface area (Å²) in [6.07, 6.45) is 3.26. The number of hydrogen-bond donors (Lipinski definition) is 1. The van der Waals surface area contributed by atoms with E-state index in [-0.39, 0.29) is 0 Å². The fourth-order valence-electron chi connectivity index (χ4n) is 2.52. The van der Waals surface area contributed by atoms with Crippen LogP contribution < -0.4 is 10.2 Å². The second kappa shape index (κ2) is 8.25. The Hall–Kier alpha value is -3.21. The first-order chi connectivity index (χ1) is 12.6. The van der Waals surface area contributed by atoms with Crippen LogP contribution in [0.1, 0.15) is 30.9 Å².